The quantitative estimate of drug-likeness (QED) is 0.430. The molecule has 3 fully saturated rings. The van der Waals surface area contributed by atoms with E-state index >= 15 is 0 Å². The lowest BCUT2D eigenvalue weighted by Gasteiger charge is -2.56. The van der Waals surface area contributed by atoms with E-state index in [0.29, 0.717) is 23.7 Å². The molecule has 5 atom stereocenters. The number of ketones is 1. The largest absolute Gasteiger partial charge is 0.361 e. The Morgan fingerprint density at radius 2 is 2.11 bits per heavy atom. The van der Waals surface area contributed by atoms with Gasteiger partial charge in [0.2, 0.25) is 5.78 Å². The van der Waals surface area contributed by atoms with Gasteiger partial charge in [-0.3, -0.25) is 4.79 Å². The van der Waals surface area contributed by atoms with Crippen molar-refractivity contribution in [2.24, 2.45) is 35.0 Å². The van der Waals surface area contributed by atoms with Gasteiger partial charge in [-0.1, -0.05) is 27.7 Å². The molecule has 0 aromatic heterocycles. The second kappa shape index (κ2) is 4.62. The minimum absolute atomic E-state index is 0.00811. The predicted molar refractivity (Wildman–Crippen MR) is 71.1 cm³/mol. The summed E-state index contributed by atoms with van der Waals surface area (Å²) in [6, 6.07) is 0. The summed E-state index contributed by atoms with van der Waals surface area (Å²) in [5.74, 6) is 3.19. The molecule has 3 rings (SSSR count). The number of carbonyl (C=O) groups excluding carboxylic acids is 1. The molecule has 0 saturated heterocycles. The first-order valence-corrected chi connectivity index (χ1v) is 7.12. The summed E-state index contributed by atoms with van der Waals surface area (Å²) in [4.78, 5) is 15.2. The molecule has 3 aliphatic rings. The Labute approximate surface area is 110 Å². The van der Waals surface area contributed by atoms with Crippen LogP contribution in [0.25, 0.3) is 5.53 Å². The first kappa shape index (κ1) is 13.5. The van der Waals surface area contributed by atoms with Crippen molar-refractivity contribution in [2.45, 2.75) is 47.0 Å². The molecule has 0 aromatic carbocycles. The van der Waals surface area contributed by atoms with Crippen LogP contribution in [-0.4, -0.2) is 16.8 Å². The third-order valence-corrected chi connectivity index (χ3v) is 5.59. The van der Waals surface area contributed by atoms with Crippen LogP contribution in [0.3, 0.4) is 0 Å². The maximum Gasteiger partial charge on any atom is 0.323 e. The minimum Gasteiger partial charge on any atom is -0.361 e. The number of rotatable bonds is 3. The minimum atomic E-state index is -0.306. The topological polar surface area (TPSA) is 53.5 Å². The van der Waals surface area contributed by atoms with Crippen molar-refractivity contribution in [3.8, 4) is 0 Å². The monoisotopic (exact) mass is 248 g/mol. The lowest BCUT2D eigenvalue weighted by atomic mass is 9.47. The van der Waals surface area contributed by atoms with E-state index in [0.717, 1.165) is 25.0 Å². The molecule has 0 aliphatic heterocycles. The Hall–Kier alpha value is -0.950. The zero-order chi connectivity index (χ0) is 13.5. The number of carbonyl (C=O) groups is 1. The van der Waals surface area contributed by atoms with Gasteiger partial charge in [0, 0.05) is 5.41 Å². The number of fused-ring (bicyclic) bond motifs is 3. The second-order valence-electron chi connectivity index (χ2n) is 6.95. The van der Waals surface area contributed by atoms with Crippen LogP contribution >= 0.6 is 0 Å². The summed E-state index contributed by atoms with van der Waals surface area (Å²) in [5, 5.41) is 0. The van der Waals surface area contributed by atoms with E-state index in [9.17, 15) is 4.79 Å². The highest BCUT2D eigenvalue weighted by Gasteiger charge is 2.55. The van der Waals surface area contributed by atoms with E-state index in [-0.39, 0.29) is 11.2 Å². The molecule has 0 amide bonds. The molecule has 0 radical (unpaired) electrons. The van der Waals surface area contributed by atoms with Gasteiger partial charge in [0.15, 0.2) is 0 Å². The number of hydrogen-bond acceptors (Lipinski definition) is 1. The van der Waals surface area contributed by atoms with Gasteiger partial charge >= 0.3 is 6.21 Å². The van der Waals surface area contributed by atoms with Crippen molar-refractivity contribution in [2.75, 3.05) is 0 Å². The Balaban J connectivity index is 2.28. The summed E-state index contributed by atoms with van der Waals surface area (Å²) < 4.78 is 0. The molecule has 100 valence electrons. The van der Waals surface area contributed by atoms with Crippen molar-refractivity contribution in [1.29, 1.82) is 0 Å². The molecule has 3 heteroatoms. The average molecular weight is 248 g/mol. The van der Waals surface area contributed by atoms with E-state index in [2.05, 4.69) is 32.5 Å². The summed E-state index contributed by atoms with van der Waals surface area (Å²) >= 11 is 0. The average Bonchev–Trinajstić information content (AvgIpc) is 2.28. The van der Waals surface area contributed by atoms with E-state index < -0.39 is 0 Å². The van der Waals surface area contributed by atoms with Crippen LogP contribution in [0.15, 0.2) is 0 Å². The molecule has 3 nitrogen and oxygen atoms in total. The summed E-state index contributed by atoms with van der Waals surface area (Å²) in [5.41, 5.74) is 8.30. The van der Waals surface area contributed by atoms with Crippen molar-refractivity contribution < 1.29 is 9.58 Å². The van der Waals surface area contributed by atoms with E-state index in [1.807, 2.05) is 0 Å². The molecule has 0 unspecified atom stereocenters. The van der Waals surface area contributed by atoms with Gasteiger partial charge < -0.3 is 5.53 Å². The van der Waals surface area contributed by atoms with Crippen molar-refractivity contribution in [3.05, 3.63) is 5.53 Å². The van der Waals surface area contributed by atoms with Gasteiger partial charge in [0.05, 0.1) is 0 Å². The zero-order valence-electron chi connectivity index (χ0n) is 11.9. The van der Waals surface area contributed by atoms with Crippen LogP contribution < -0.4 is 0 Å². The maximum atomic E-state index is 12.2. The Kier molecular flexibility index (Phi) is 3.46. The lowest BCUT2D eigenvalue weighted by molar-refractivity contribution is -0.142. The first-order chi connectivity index (χ1) is 8.40. The molecule has 0 heterocycles. The fourth-order valence-electron chi connectivity index (χ4n) is 4.65. The van der Waals surface area contributed by atoms with E-state index in [4.69, 9.17) is 5.53 Å². The van der Waals surface area contributed by atoms with Crippen molar-refractivity contribution in [3.63, 3.8) is 0 Å². The van der Waals surface area contributed by atoms with Crippen LogP contribution in [0.2, 0.25) is 0 Å². The van der Waals surface area contributed by atoms with Gasteiger partial charge in [-0.15, -0.1) is 0 Å². The highest BCUT2D eigenvalue weighted by molar-refractivity contribution is 6.27. The smallest absolute Gasteiger partial charge is 0.323 e. The van der Waals surface area contributed by atoms with Gasteiger partial charge in [-0.25, -0.2) is 0 Å². The summed E-state index contributed by atoms with van der Waals surface area (Å²) in [7, 11) is 0. The molecular formula is C15H24N2O. The highest BCUT2D eigenvalue weighted by atomic mass is 16.1. The van der Waals surface area contributed by atoms with Gasteiger partial charge in [-0.05, 0) is 48.9 Å². The summed E-state index contributed by atoms with van der Waals surface area (Å²) in [6.45, 7) is 8.94. The molecule has 0 N–H and O–H groups in total. The molecule has 3 saturated carbocycles. The van der Waals surface area contributed by atoms with Crippen LogP contribution in [0, 0.1) is 35.0 Å². The zero-order valence-corrected chi connectivity index (χ0v) is 11.9. The third kappa shape index (κ3) is 1.95. The first-order valence-electron chi connectivity index (χ1n) is 7.12. The number of Topliss-reactive ketones (excluding diaryl/α,β-unsaturated/α-hetero) is 1. The normalized spacial score (nSPS) is 42.7. The van der Waals surface area contributed by atoms with Gasteiger partial charge in [0.1, 0.15) is 0 Å². The van der Waals surface area contributed by atoms with Gasteiger partial charge in [0.25, 0.3) is 0 Å². The molecule has 0 aromatic rings. The summed E-state index contributed by atoms with van der Waals surface area (Å²) in [6.07, 6.45) is 4.49. The molecule has 18 heavy (non-hydrogen) atoms. The lowest BCUT2D eigenvalue weighted by Crippen LogP contribution is -2.53. The molecule has 0 spiro atoms. The Morgan fingerprint density at radius 1 is 1.44 bits per heavy atom. The number of hydrogen-bond donors (Lipinski definition) is 0. The standard InChI is InChI=1S/C15H24N2O/c1-9(2)12-6-13-10(3)5-11(12)7-15(13,4)14(18)8-17-16/h8-13H,5-7H2,1-4H3/t10-,11+,12+,13-,15-/m1/s1. The molecule has 3 aliphatic carbocycles. The number of nitrogens with zero attached hydrogens (tertiary/aromatic N) is 2. The fourth-order valence-corrected chi connectivity index (χ4v) is 4.65. The fraction of sp³-hybridized carbons (Fsp3) is 0.867. The molecular weight excluding hydrogens is 224 g/mol. The highest BCUT2D eigenvalue weighted by Crippen LogP contribution is 2.58. The van der Waals surface area contributed by atoms with Gasteiger partial charge in [-0.2, -0.15) is 4.79 Å². The van der Waals surface area contributed by atoms with Crippen LogP contribution in [-0.2, 0) is 4.79 Å². The van der Waals surface area contributed by atoms with Crippen molar-refractivity contribution in [1.82, 2.24) is 0 Å². The van der Waals surface area contributed by atoms with Crippen LogP contribution in [0.1, 0.15) is 47.0 Å². The Morgan fingerprint density at radius 3 is 2.61 bits per heavy atom. The van der Waals surface area contributed by atoms with Crippen molar-refractivity contribution >= 4 is 12.0 Å². The SMILES string of the molecule is CC(C)[C@@H]1C[C@@H]2[C@H](C)C[C@H]1C[C@@]2(C)C(=O)C=[N+]=[N-]. The Bertz CT molecular complexity index is 397. The predicted octanol–water partition coefficient (Wildman–Crippen LogP) is 3.20. The molecule has 2 bridgehead atoms. The third-order valence-electron chi connectivity index (χ3n) is 5.59. The van der Waals surface area contributed by atoms with E-state index in [1.54, 1.807) is 0 Å². The second-order valence-corrected chi connectivity index (χ2v) is 6.95. The van der Waals surface area contributed by atoms with E-state index in [1.165, 1.54) is 6.42 Å². The van der Waals surface area contributed by atoms with Crippen LogP contribution in [0.4, 0.5) is 0 Å². The maximum absolute atomic E-state index is 12.2. The van der Waals surface area contributed by atoms with Crippen LogP contribution in [0.5, 0.6) is 0 Å².